The van der Waals surface area contributed by atoms with Gasteiger partial charge in [0.15, 0.2) is 11.5 Å². The molecule has 0 saturated heterocycles. The molecule has 0 spiro atoms. The Hall–Kier alpha value is -3.49. The van der Waals surface area contributed by atoms with Crippen LogP contribution in [0.5, 0.6) is 0 Å². The topological polar surface area (TPSA) is 88.5 Å². The molecule has 0 bridgehead atoms. The van der Waals surface area contributed by atoms with Gasteiger partial charge >= 0.3 is 0 Å². The third kappa shape index (κ3) is 3.57. The van der Waals surface area contributed by atoms with Crippen LogP contribution in [0.2, 0.25) is 10.0 Å². The van der Waals surface area contributed by atoms with Gasteiger partial charge in [-0.25, -0.2) is 19.3 Å². The number of pyridine rings is 1. The van der Waals surface area contributed by atoms with E-state index in [1.165, 1.54) is 29.4 Å². The largest absolute Gasteiger partial charge is 0.360 e. The minimum atomic E-state index is -0.494. The van der Waals surface area contributed by atoms with Crippen LogP contribution in [-0.4, -0.2) is 24.5 Å². The average Bonchev–Trinajstić information content (AvgIpc) is 3.23. The minimum absolute atomic E-state index is 0.244. The second kappa shape index (κ2) is 7.89. The standard InChI is InChI=1S/C22H15Cl2FN6O/c1-11(30-21-19-20(27-9-26-19)28-10-29-21)18-4-12-2-3-15(25)8-17(12)22(32)31(18)16-6-13(23)5-14(24)7-16/h2-11H,1H3,(H2,26,27,28,29,30)/t11-/m0/s1. The van der Waals surface area contributed by atoms with Crippen molar-refractivity contribution in [2.45, 2.75) is 13.0 Å². The second-order valence-corrected chi connectivity index (χ2v) is 8.13. The summed E-state index contributed by atoms with van der Waals surface area (Å²) in [5, 5.41) is 4.90. The summed E-state index contributed by atoms with van der Waals surface area (Å²) in [6.07, 6.45) is 2.95. The Kier molecular flexibility index (Phi) is 5.03. The summed E-state index contributed by atoms with van der Waals surface area (Å²) >= 11 is 12.4. The number of benzene rings is 2. The Morgan fingerprint density at radius 1 is 1.06 bits per heavy atom. The summed E-state index contributed by atoms with van der Waals surface area (Å²) in [5.41, 5.74) is 1.84. The SMILES string of the molecule is C[C@H](Nc1ncnc2[nH]cnc12)c1cc2ccc(F)cc2c(=O)n1-c1cc(Cl)cc(Cl)c1. The van der Waals surface area contributed by atoms with Crippen molar-refractivity contribution < 1.29 is 4.39 Å². The Morgan fingerprint density at radius 3 is 2.62 bits per heavy atom. The maximum atomic E-state index is 13.9. The summed E-state index contributed by atoms with van der Waals surface area (Å²) in [7, 11) is 0. The number of aromatic amines is 1. The van der Waals surface area contributed by atoms with Gasteiger partial charge in [-0.3, -0.25) is 9.36 Å². The van der Waals surface area contributed by atoms with E-state index in [9.17, 15) is 9.18 Å². The van der Waals surface area contributed by atoms with Crippen molar-refractivity contribution in [3.8, 4) is 5.69 Å². The van der Waals surface area contributed by atoms with Crippen LogP contribution in [0.3, 0.4) is 0 Å². The van der Waals surface area contributed by atoms with Gasteiger partial charge in [-0.1, -0.05) is 29.3 Å². The van der Waals surface area contributed by atoms with Crippen molar-refractivity contribution in [3.63, 3.8) is 0 Å². The van der Waals surface area contributed by atoms with Crippen LogP contribution < -0.4 is 10.9 Å². The molecule has 10 heteroatoms. The highest BCUT2D eigenvalue weighted by molar-refractivity contribution is 6.34. The highest BCUT2D eigenvalue weighted by Gasteiger charge is 2.19. The van der Waals surface area contributed by atoms with Gasteiger partial charge < -0.3 is 10.3 Å². The molecule has 160 valence electrons. The van der Waals surface area contributed by atoms with Crippen molar-refractivity contribution in [1.29, 1.82) is 0 Å². The fourth-order valence-electron chi connectivity index (χ4n) is 3.70. The van der Waals surface area contributed by atoms with Crippen molar-refractivity contribution in [2.24, 2.45) is 0 Å². The normalized spacial score (nSPS) is 12.4. The van der Waals surface area contributed by atoms with Crippen LogP contribution in [0.25, 0.3) is 27.6 Å². The van der Waals surface area contributed by atoms with Crippen molar-refractivity contribution in [2.75, 3.05) is 5.32 Å². The smallest absolute Gasteiger partial charge is 0.263 e. The molecule has 32 heavy (non-hydrogen) atoms. The first kappa shape index (κ1) is 20.4. The quantitative estimate of drug-likeness (QED) is 0.374. The lowest BCUT2D eigenvalue weighted by molar-refractivity contribution is 0.629. The van der Waals surface area contributed by atoms with E-state index in [0.29, 0.717) is 43.8 Å². The molecule has 1 atom stereocenters. The third-order valence-electron chi connectivity index (χ3n) is 5.13. The zero-order valence-corrected chi connectivity index (χ0v) is 18.1. The van der Waals surface area contributed by atoms with Crippen LogP contribution in [0.1, 0.15) is 18.7 Å². The number of H-pyrrole nitrogens is 1. The van der Waals surface area contributed by atoms with Crippen LogP contribution in [0, 0.1) is 5.82 Å². The van der Waals surface area contributed by atoms with Gasteiger partial charge in [0.1, 0.15) is 17.7 Å². The molecule has 3 heterocycles. The number of nitrogens with zero attached hydrogens (tertiary/aromatic N) is 4. The molecule has 0 aliphatic heterocycles. The van der Waals surface area contributed by atoms with Crippen molar-refractivity contribution >= 4 is 51.0 Å². The highest BCUT2D eigenvalue weighted by Crippen LogP contribution is 2.28. The first-order valence-electron chi connectivity index (χ1n) is 9.63. The van der Waals surface area contributed by atoms with E-state index in [2.05, 4.69) is 25.3 Å². The van der Waals surface area contributed by atoms with Crippen LogP contribution in [0.4, 0.5) is 10.2 Å². The van der Waals surface area contributed by atoms with Crippen LogP contribution in [-0.2, 0) is 0 Å². The van der Waals surface area contributed by atoms with Gasteiger partial charge in [0.25, 0.3) is 5.56 Å². The molecule has 0 unspecified atom stereocenters. The predicted octanol–water partition coefficient (Wildman–Crippen LogP) is 5.28. The number of nitrogens with one attached hydrogen (secondary N) is 2. The minimum Gasteiger partial charge on any atom is -0.360 e. The zero-order valence-electron chi connectivity index (χ0n) is 16.6. The highest BCUT2D eigenvalue weighted by atomic mass is 35.5. The molecule has 3 aromatic heterocycles. The van der Waals surface area contributed by atoms with Crippen LogP contribution >= 0.6 is 23.2 Å². The van der Waals surface area contributed by atoms with Gasteiger partial charge in [0.05, 0.1) is 23.4 Å². The maximum Gasteiger partial charge on any atom is 0.263 e. The van der Waals surface area contributed by atoms with E-state index in [1.807, 2.05) is 13.0 Å². The number of halogens is 3. The average molecular weight is 469 g/mol. The lowest BCUT2D eigenvalue weighted by atomic mass is 10.1. The molecule has 2 N–H and O–H groups in total. The van der Waals surface area contributed by atoms with Gasteiger partial charge in [-0.05, 0) is 48.7 Å². The Balaban J connectivity index is 1.73. The molecule has 7 nitrogen and oxygen atoms in total. The Bertz CT molecular complexity index is 1530. The number of rotatable bonds is 4. The van der Waals surface area contributed by atoms with E-state index in [-0.39, 0.29) is 5.39 Å². The van der Waals surface area contributed by atoms with E-state index in [0.717, 1.165) is 0 Å². The van der Waals surface area contributed by atoms with Gasteiger partial charge in [-0.15, -0.1) is 0 Å². The summed E-state index contributed by atoms with van der Waals surface area (Å²) in [6, 6.07) is 10.4. The van der Waals surface area contributed by atoms with Gasteiger partial charge in [-0.2, -0.15) is 0 Å². The summed E-state index contributed by atoms with van der Waals surface area (Å²) in [5.74, 6) is 0.0113. The van der Waals surface area contributed by atoms with Crippen LogP contribution in [0.15, 0.2) is 59.9 Å². The maximum absolute atomic E-state index is 13.9. The number of imidazole rings is 1. The zero-order chi connectivity index (χ0) is 22.4. The fraction of sp³-hybridized carbons (Fsp3) is 0.0909. The Labute approximate surface area is 190 Å². The lowest BCUT2D eigenvalue weighted by Crippen LogP contribution is -2.25. The fourth-order valence-corrected chi connectivity index (χ4v) is 4.22. The number of anilines is 1. The predicted molar refractivity (Wildman–Crippen MR) is 123 cm³/mol. The molecule has 5 aromatic rings. The van der Waals surface area contributed by atoms with E-state index >= 15 is 0 Å². The number of hydrogen-bond donors (Lipinski definition) is 2. The molecule has 0 fully saturated rings. The summed E-state index contributed by atoms with van der Waals surface area (Å²) in [6.45, 7) is 1.88. The third-order valence-corrected chi connectivity index (χ3v) is 5.57. The van der Waals surface area contributed by atoms with Crippen molar-refractivity contribution in [1.82, 2.24) is 24.5 Å². The molecular formula is C22H15Cl2FN6O. The molecule has 0 amide bonds. The molecule has 0 aliphatic rings. The molecule has 5 rings (SSSR count). The van der Waals surface area contributed by atoms with E-state index < -0.39 is 17.4 Å². The molecule has 0 aliphatic carbocycles. The Morgan fingerprint density at radius 2 is 1.84 bits per heavy atom. The number of hydrogen-bond acceptors (Lipinski definition) is 5. The lowest BCUT2D eigenvalue weighted by Gasteiger charge is -2.21. The molecule has 2 aromatic carbocycles. The van der Waals surface area contributed by atoms with Crippen molar-refractivity contribution in [3.05, 3.63) is 87.0 Å². The second-order valence-electron chi connectivity index (χ2n) is 7.26. The molecule has 0 saturated carbocycles. The van der Waals surface area contributed by atoms with Gasteiger partial charge in [0.2, 0.25) is 0 Å². The first-order chi connectivity index (χ1) is 15.4. The van der Waals surface area contributed by atoms with E-state index in [4.69, 9.17) is 23.2 Å². The van der Waals surface area contributed by atoms with E-state index in [1.54, 1.807) is 24.3 Å². The monoisotopic (exact) mass is 468 g/mol. The summed E-state index contributed by atoms with van der Waals surface area (Å²) in [4.78, 5) is 29.1. The van der Waals surface area contributed by atoms with Gasteiger partial charge in [0, 0.05) is 15.7 Å². The summed E-state index contributed by atoms with van der Waals surface area (Å²) < 4.78 is 15.4. The number of aromatic nitrogens is 5. The number of fused-ring (bicyclic) bond motifs is 2. The first-order valence-corrected chi connectivity index (χ1v) is 10.4. The molecule has 0 radical (unpaired) electrons. The molecular weight excluding hydrogens is 454 g/mol.